The number of rotatable bonds is 2. The van der Waals surface area contributed by atoms with Crippen molar-refractivity contribution in [2.75, 3.05) is 0 Å². The minimum absolute atomic E-state index is 0.118. The third-order valence-corrected chi connectivity index (χ3v) is 2.60. The molecule has 0 N–H and O–H groups in total. The average molecular weight is 271 g/mol. The van der Waals surface area contributed by atoms with Crippen LogP contribution < -0.4 is 0 Å². The van der Waals surface area contributed by atoms with Gasteiger partial charge in [0.05, 0.1) is 0 Å². The van der Waals surface area contributed by atoms with Crippen molar-refractivity contribution >= 4 is 11.9 Å². The lowest BCUT2D eigenvalue weighted by Crippen LogP contribution is -2.26. The highest BCUT2D eigenvalue weighted by Crippen LogP contribution is 2.13. The molecule has 4 nitrogen and oxygen atoms in total. The van der Waals surface area contributed by atoms with Crippen molar-refractivity contribution in [2.45, 2.75) is 26.4 Å². The SMILES string of the molecule is CC(C)(C)OC(=O)n1ccc(C(=O)c2ccccc2)c1. The molecule has 0 aliphatic heterocycles. The van der Waals surface area contributed by atoms with Crippen LogP contribution in [0.15, 0.2) is 48.8 Å². The molecule has 0 aliphatic carbocycles. The summed E-state index contributed by atoms with van der Waals surface area (Å²) in [7, 11) is 0. The third-order valence-electron chi connectivity index (χ3n) is 2.60. The molecule has 0 saturated heterocycles. The Morgan fingerprint density at radius 3 is 2.25 bits per heavy atom. The first-order valence-electron chi connectivity index (χ1n) is 6.38. The molecule has 0 aliphatic rings. The van der Waals surface area contributed by atoms with Crippen LogP contribution in [0.2, 0.25) is 0 Å². The first kappa shape index (κ1) is 14.1. The molecule has 2 aromatic rings. The summed E-state index contributed by atoms with van der Waals surface area (Å²) in [6, 6.07) is 10.6. The highest BCUT2D eigenvalue weighted by molar-refractivity contribution is 6.09. The van der Waals surface area contributed by atoms with E-state index in [1.165, 1.54) is 17.0 Å². The van der Waals surface area contributed by atoms with Gasteiger partial charge >= 0.3 is 6.09 Å². The highest BCUT2D eigenvalue weighted by atomic mass is 16.6. The van der Waals surface area contributed by atoms with E-state index in [9.17, 15) is 9.59 Å². The summed E-state index contributed by atoms with van der Waals surface area (Å²) in [5, 5.41) is 0. The second kappa shape index (κ2) is 5.33. The monoisotopic (exact) mass is 271 g/mol. The highest BCUT2D eigenvalue weighted by Gasteiger charge is 2.19. The summed E-state index contributed by atoms with van der Waals surface area (Å²) in [4.78, 5) is 24.1. The number of ether oxygens (including phenoxy) is 1. The minimum atomic E-state index is -0.565. The molecule has 20 heavy (non-hydrogen) atoms. The van der Waals surface area contributed by atoms with Gasteiger partial charge in [-0.25, -0.2) is 4.79 Å². The number of hydrogen-bond acceptors (Lipinski definition) is 3. The molecular formula is C16H17NO3. The maximum absolute atomic E-state index is 12.2. The lowest BCUT2D eigenvalue weighted by atomic mass is 10.1. The van der Waals surface area contributed by atoms with E-state index in [1.54, 1.807) is 51.1 Å². The fraction of sp³-hybridized carbons (Fsp3) is 0.250. The Morgan fingerprint density at radius 2 is 1.65 bits per heavy atom. The zero-order chi connectivity index (χ0) is 14.8. The van der Waals surface area contributed by atoms with Gasteiger partial charge in [-0.15, -0.1) is 0 Å². The van der Waals surface area contributed by atoms with Gasteiger partial charge in [-0.05, 0) is 26.8 Å². The number of hydrogen-bond donors (Lipinski definition) is 0. The second-order valence-corrected chi connectivity index (χ2v) is 5.48. The van der Waals surface area contributed by atoms with E-state index in [2.05, 4.69) is 0 Å². The van der Waals surface area contributed by atoms with Crippen LogP contribution in [0.5, 0.6) is 0 Å². The molecule has 0 fully saturated rings. The molecule has 1 aromatic heterocycles. The predicted octanol–water partition coefficient (Wildman–Crippen LogP) is 3.50. The predicted molar refractivity (Wildman–Crippen MR) is 75.9 cm³/mol. The second-order valence-electron chi connectivity index (χ2n) is 5.48. The lowest BCUT2D eigenvalue weighted by molar-refractivity contribution is 0.0537. The molecule has 0 unspecified atom stereocenters. The normalized spacial score (nSPS) is 11.2. The topological polar surface area (TPSA) is 48.3 Å². The first-order chi connectivity index (χ1) is 9.37. The number of carbonyl (C=O) groups is 2. The number of carbonyl (C=O) groups excluding carboxylic acids is 2. The summed E-state index contributed by atoms with van der Waals surface area (Å²) in [5.74, 6) is -0.118. The van der Waals surface area contributed by atoms with E-state index < -0.39 is 11.7 Å². The Morgan fingerprint density at radius 1 is 1.00 bits per heavy atom. The molecule has 0 atom stereocenters. The van der Waals surface area contributed by atoms with Crippen LogP contribution in [0.3, 0.4) is 0 Å². The van der Waals surface area contributed by atoms with Crippen LogP contribution in [0.4, 0.5) is 4.79 Å². The molecule has 0 bridgehead atoms. The van der Waals surface area contributed by atoms with Crippen molar-refractivity contribution < 1.29 is 14.3 Å². The van der Waals surface area contributed by atoms with Gasteiger partial charge in [-0.1, -0.05) is 30.3 Å². The van der Waals surface area contributed by atoms with Gasteiger partial charge in [0.15, 0.2) is 5.78 Å². The average Bonchev–Trinajstić information content (AvgIpc) is 2.86. The van der Waals surface area contributed by atoms with Gasteiger partial charge in [-0.3, -0.25) is 9.36 Å². The van der Waals surface area contributed by atoms with Crippen LogP contribution in [0, 0.1) is 0 Å². The van der Waals surface area contributed by atoms with Gasteiger partial charge in [0, 0.05) is 23.5 Å². The maximum Gasteiger partial charge on any atom is 0.418 e. The Balaban J connectivity index is 2.17. The van der Waals surface area contributed by atoms with Crippen LogP contribution in [-0.2, 0) is 4.74 Å². The third kappa shape index (κ3) is 3.35. The zero-order valence-electron chi connectivity index (χ0n) is 11.8. The molecule has 104 valence electrons. The Kier molecular flexibility index (Phi) is 3.74. The van der Waals surface area contributed by atoms with Gasteiger partial charge in [0.25, 0.3) is 0 Å². The van der Waals surface area contributed by atoms with Gasteiger partial charge < -0.3 is 4.74 Å². The van der Waals surface area contributed by atoms with Crippen molar-refractivity contribution in [2.24, 2.45) is 0 Å². The molecule has 0 amide bonds. The van der Waals surface area contributed by atoms with E-state index in [1.807, 2.05) is 6.07 Å². The summed E-state index contributed by atoms with van der Waals surface area (Å²) in [6.07, 6.45) is 2.53. The fourth-order valence-electron chi connectivity index (χ4n) is 1.72. The lowest BCUT2D eigenvalue weighted by Gasteiger charge is -2.19. The summed E-state index contributed by atoms with van der Waals surface area (Å²) in [5.41, 5.74) is 0.488. The van der Waals surface area contributed by atoms with Crippen molar-refractivity contribution in [3.8, 4) is 0 Å². The van der Waals surface area contributed by atoms with E-state index >= 15 is 0 Å². The van der Waals surface area contributed by atoms with E-state index in [-0.39, 0.29) is 5.78 Å². The maximum atomic E-state index is 12.2. The van der Waals surface area contributed by atoms with E-state index in [0.717, 1.165) is 0 Å². The summed E-state index contributed by atoms with van der Waals surface area (Å²) in [6.45, 7) is 5.39. The largest absolute Gasteiger partial charge is 0.443 e. The molecule has 1 heterocycles. The molecule has 2 rings (SSSR count). The number of benzene rings is 1. The van der Waals surface area contributed by atoms with E-state index in [0.29, 0.717) is 11.1 Å². The molecule has 1 aromatic carbocycles. The van der Waals surface area contributed by atoms with Crippen LogP contribution >= 0.6 is 0 Å². The Labute approximate surface area is 118 Å². The Bertz CT molecular complexity index is 621. The molecule has 0 saturated carbocycles. The van der Waals surface area contributed by atoms with Gasteiger partial charge in [0.2, 0.25) is 0 Å². The van der Waals surface area contributed by atoms with Crippen molar-refractivity contribution in [3.63, 3.8) is 0 Å². The van der Waals surface area contributed by atoms with Crippen LogP contribution in [0.1, 0.15) is 36.7 Å². The van der Waals surface area contributed by atoms with E-state index in [4.69, 9.17) is 4.74 Å². The zero-order valence-corrected chi connectivity index (χ0v) is 11.8. The molecular weight excluding hydrogens is 254 g/mol. The smallest absolute Gasteiger partial charge is 0.418 e. The quantitative estimate of drug-likeness (QED) is 0.785. The van der Waals surface area contributed by atoms with Crippen molar-refractivity contribution in [1.82, 2.24) is 4.57 Å². The van der Waals surface area contributed by atoms with Crippen LogP contribution in [-0.4, -0.2) is 22.0 Å². The van der Waals surface area contributed by atoms with Crippen molar-refractivity contribution in [1.29, 1.82) is 0 Å². The first-order valence-corrected chi connectivity index (χ1v) is 6.38. The summed E-state index contributed by atoms with van der Waals surface area (Å²) >= 11 is 0. The molecule has 0 radical (unpaired) electrons. The van der Waals surface area contributed by atoms with Crippen molar-refractivity contribution in [3.05, 3.63) is 59.9 Å². The minimum Gasteiger partial charge on any atom is -0.443 e. The van der Waals surface area contributed by atoms with Gasteiger partial charge in [-0.2, -0.15) is 0 Å². The number of ketones is 1. The molecule has 0 spiro atoms. The standard InChI is InChI=1S/C16H17NO3/c1-16(2,3)20-15(19)17-10-9-13(11-17)14(18)12-7-5-4-6-8-12/h4-11H,1-3H3. The summed E-state index contributed by atoms with van der Waals surface area (Å²) < 4.78 is 6.51. The fourth-order valence-corrected chi connectivity index (χ4v) is 1.72. The Hall–Kier alpha value is -2.36. The number of aromatic nitrogens is 1. The van der Waals surface area contributed by atoms with Crippen LogP contribution in [0.25, 0.3) is 0 Å². The van der Waals surface area contributed by atoms with Gasteiger partial charge in [0.1, 0.15) is 5.60 Å². The molecule has 4 heteroatoms. The number of nitrogens with zero attached hydrogens (tertiary/aromatic N) is 1.